The first-order valence-electron chi connectivity index (χ1n) is 12.4. The van der Waals surface area contributed by atoms with Gasteiger partial charge in [0, 0.05) is 19.0 Å². The zero-order valence-corrected chi connectivity index (χ0v) is 22.0. The third-order valence-corrected chi connectivity index (χ3v) is 7.47. The number of carbonyl (C=O) groups is 2. The largest absolute Gasteiger partial charge is 0.352 e. The predicted molar refractivity (Wildman–Crippen MR) is 140 cm³/mol. The molecule has 1 fully saturated rings. The van der Waals surface area contributed by atoms with Gasteiger partial charge in [-0.2, -0.15) is 0 Å². The van der Waals surface area contributed by atoms with Crippen LogP contribution in [-0.2, 0) is 22.6 Å². The molecule has 4 nitrogen and oxygen atoms in total. The summed E-state index contributed by atoms with van der Waals surface area (Å²) in [5.41, 5.74) is 3.25. The van der Waals surface area contributed by atoms with Crippen LogP contribution in [-0.4, -0.2) is 28.8 Å². The molecule has 1 aliphatic carbocycles. The Morgan fingerprint density at radius 1 is 0.941 bits per heavy atom. The Hall–Kier alpha value is -2.04. The van der Waals surface area contributed by atoms with Gasteiger partial charge in [0.15, 0.2) is 0 Å². The maximum atomic E-state index is 13.4. The minimum absolute atomic E-state index is 0.0506. The molecule has 0 aromatic heterocycles. The van der Waals surface area contributed by atoms with Crippen LogP contribution in [0.5, 0.6) is 0 Å². The summed E-state index contributed by atoms with van der Waals surface area (Å²) in [5.74, 6) is 0.327. The highest BCUT2D eigenvalue weighted by Gasteiger charge is 2.28. The fraction of sp³-hybridized carbons (Fsp3) is 0.500. The van der Waals surface area contributed by atoms with E-state index in [0.717, 1.165) is 36.8 Å². The third-order valence-electron chi connectivity index (χ3n) is 6.73. The highest BCUT2D eigenvalue weighted by molar-refractivity contribution is 6.42. The Bertz CT molecular complexity index is 969. The van der Waals surface area contributed by atoms with Gasteiger partial charge in [-0.05, 0) is 60.9 Å². The number of rotatable bonds is 9. The van der Waals surface area contributed by atoms with Gasteiger partial charge in [0.2, 0.25) is 11.8 Å². The van der Waals surface area contributed by atoms with Crippen molar-refractivity contribution in [2.75, 3.05) is 0 Å². The molecule has 0 heterocycles. The highest BCUT2D eigenvalue weighted by atomic mass is 35.5. The fourth-order valence-corrected chi connectivity index (χ4v) is 4.77. The monoisotopic (exact) mass is 502 g/mol. The summed E-state index contributed by atoms with van der Waals surface area (Å²) in [6, 6.07) is 13.4. The van der Waals surface area contributed by atoms with Crippen molar-refractivity contribution in [1.29, 1.82) is 0 Å². The second kappa shape index (κ2) is 12.6. The van der Waals surface area contributed by atoms with Gasteiger partial charge in [-0.1, -0.05) is 86.6 Å². The maximum Gasteiger partial charge on any atom is 0.242 e. The molecule has 2 amide bonds. The molecule has 34 heavy (non-hydrogen) atoms. The number of carbonyl (C=O) groups excluding carboxylic acids is 2. The summed E-state index contributed by atoms with van der Waals surface area (Å²) in [4.78, 5) is 28.1. The lowest BCUT2D eigenvalue weighted by Gasteiger charge is -2.31. The van der Waals surface area contributed by atoms with Crippen LogP contribution in [0, 0.1) is 0 Å². The van der Waals surface area contributed by atoms with E-state index in [2.05, 4.69) is 43.4 Å². The van der Waals surface area contributed by atoms with E-state index >= 15 is 0 Å². The summed E-state index contributed by atoms with van der Waals surface area (Å²) in [5, 5.41) is 4.08. The molecule has 1 N–H and O–H groups in total. The molecule has 1 atom stereocenters. The lowest BCUT2D eigenvalue weighted by molar-refractivity contribution is -0.141. The first kappa shape index (κ1) is 26.6. The van der Waals surface area contributed by atoms with Crippen molar-refractivity contribution in [2.24, 2.45) is 0 Å². The predicted octanol–water partition coefficient (Wildman–Crippen LogP) is 6.92. The lowest BCUT2D eigenvalue weighted by atomic mass is 9.95. The van der Waals surface area contributed by atoms with E-state index in [-0.39, 0.29) is 17.9 Å². The van der Waals surface area contributed by atoms with E-state index in [1.165, 1.54) is 12.0 Å². The van der Waals surface area contributed by atoms with E-state index in [1.54, 1.807) is 17.0 Å². The average molecular weight is 504 g/mol. The summed E-state index contributed by atoms with van der Waals surface area (Å²) in [6.45, 7) is 6.45. The molecule has 184 valence electrons. The van der Waals surface area contributed by atoms with Crippen molar-refractivity contribution in [3.63, 3.8) is 0 Å². The van der Waals surface area contributed by atoms with E-state index < -0.39 is 6.04 Å². The van der Waals surface area contributed by atoms with Crippen LogP contribution in [0.3, 0.4) is 0 Å². The molecule has 6 heteroatoms. The number of halogens is 2. The number of hydrogen-bond donors (Lipinski definition) is 1. The molecule has 1 aliphatic rings. The van der Waals surface area contributed by atoms with Gasteiger partial charge in [-0.25, -0.2) is 0 Å². The van der Waals surface area contributed by atoms with Gasteiger partial charge in [0.1, 0.15) is 6.04 Å². The van der Waals surface area contributed by atoms with Crippen LogP contribution in [0.25, 0.3) is 0 Å². The normalized spacial score (nSPS) is 15.2. The molecule has 0 radical (unpaired) electrons. The van der Waals surface area contributed by atoms with Crippen molar-refractivity contribution in [2.45, 2.75) is 90.3 Å². The van der Waals surface area contributed by atoms with Crippen LogP contribution in [0.1, 0.15) is 81.9 Å². The first-order chi connectivity index (χ1) is 16.2. The van der Waals surface area contributed by atoms with E-state index in [0.29, 0.717) is 35.3 Å². The Kier molecular flexibility index (Phi) is 9.85. The maximum absolute atomic E-state index is 13.4. The van der Waals surface area contributed by atoms with Crippen LogP contribution in [0.15, 0.2) is 42.5 Å². The Morgan fingerprint density at radius 3 is 2.21 bits per heavy atom. The van der Waals surface area contributed by atoms with Crippen molar-refractivity contribution in [3.05, 3.63) is 69.2 Å². The SMILES string of the molecule is CC(C)c1ccc(CCC(=O)N(Cc2ccc(Cl)c(Cl)c2)C(C)C(=O)NC2CCCCC2)cc1. The van der Waals surface area contributed by atoms with Gasteiger partial charge in [-0.15, -0.1) is 0 Å². The van der Waals surface area contributed by atoms with Crippen LogP contribution in [0.4, 0.5) is 0 Å². The number of hydrogen-bond acceptors (Lipinski definition) is 2. The van der Waals surface area contributed by atoms with Gasteiger partial charge < -0.3 is 10.2 Å². The third kappa shape index (κ3) is 7.48. The van der Waals surface area contributed by atoms with Crippen LogP contribution >= 0.6 is 23.2 Å². The topological polar surface area (TPSA) is 49.4 Å². The standard InChI is InChI=1S/C28H36Cl2N2O2/c1-19(2)23-13-9-21(10-14-23)12-16-27(33)32(18-22-11-15-25(29)26(30)17-22)20(3)28(34)31-24-7-5-4-6-8-24/h9-11,13-15,17,19-20,24H,4-8,12,16,18H2,1-3H3,(H,31,34). The fourth-order valence-electron chi connectivity index (χ4n) is 4.45. The number of benzene rings is 2. The first-order valence-corrected chi connectivity index (χ1v) is 13.1. The molecule has 0 saturated heterocycles. The molecule has 2 aromatic rings. The Labute approximate surface area is 214 Å². The smallest absolute Gasteiger partial charge is 0.242 e. The Balaban J connectivity index is 1.71. The summed E-state index contributed by atoms with van der Waals surface area (Å²) < 4.78 is 0. The molecule has 3 rings (SSSR count). The van der Waals surface area contributed by atoms with Crippen molar-refractivity contribution < 1.29 is 9.59 Å². The van der Waals surface area contributed by atoms with Crippen molar-refractivity contribution in [3.8, 4) is 0 Å². The highest BCUT2D eigenvalue weighted by Crippen LogP contribution is 2.24. The van der Waals surface area contributed by atoms with Gasteiger partial charge in [0.25, 0.3) is 0 Å². The number of nitrogens with zero attached hydrogens (tertiary/aromatic N) is 1. The molecule has 0 aliphatic heterocycles. The van der Waals surface area contributed by atoms with E-state index in [4.69, 9.17) is 23.2 Å². The van der Waals surface area contributed by atoms with Gasteiger partial charge in [-0.3, -0.25) is 9.59 Å². The minimum atomic E-state index is -0.577. The van der Waals surface area contributed by atoms with E-state index in [1.807, 2.05) is 13.0 Å². The van der Waals surface area contributed by atoms with Crippen LogP contribution < -0.4 is 5.32 Å². The molecule has 1 unspecified atom stereocenters. The lowest BCUT2D eigenvalue weighted by Crippen LogP contribution is -2.50. The number of aryl methyl sites for hydroxylation is 1. The minimum Gasteiger partial charge on any atom is -0.352 e. The molecule has 0 spiro atoms. The molecule has 0 bridgehead atoms. The van der Waals surface area contributed by atoms with Crippen LogP contribution in [0.2, 0.25) is 10.0 Å². The summed E-state index contributed by atoms with van der Waals surface area (Å²) >= 11 is 12.3. The number of amides is 2. The second-order valence-electron chi connectivity index (χ2n) is 9.69. The summed E-state index contributed by atoms with van der Waals surface area (Å²) in [6.07, 6.45) is 6.48. The van der Waals surface area contributed by atoms with Crippen molar-refractivity contribution in [1.82, 2.24) is 10.2 Å². The average Bonchev–Trinajstić information content (AvgIpc) is 2.83. The second-order valence-corrected chi connectivity index (χ2v) is 10.5. The zero-order valence-electron chi connectivity index (χ0n) is 20.4. The van der Waals surface area contributed by atoms with Crippen molar-refractivity contribution >= 4 is 35.0 Å². The van der Waals surface area contributed by atoms with Gasteiger partial charge >= 0.3 is 0 Å². The number of nitrogens with one attached hydrogen (secondary N) is 1. The summed E-state index contributed by atoms with van der Waals surface area (Å²) in [7, 11) is 0. The quantitative estimate of drug-likeness (QED) is 0.404. The van der Waals surface area contributed by atoms with E-state index in [9.17, 15) is 9.59 Å². The zero-order chi connectivity index (χ0) is 24.7. The molecule has 2 aromatic carbocycles. The Morgan fingerprint density at radius 2 is 1.59 bits per heavy atom. The van der Waals surface area contributed by atoms with Gasteiger partial charge in [0.05, 0.1) is 10.0 Å². The molecule has 1 saturated carbocycles. The molecular weight excluding hydrogens is 467 g/mol. The molecular formula is C28H36Cl2N2O2.